The highest BCUT2D eigenvalue weighted by molar-refractivity contribution is 6.35. The topological polar surface area (TPSA) is 74.0 Å². The minimum absolute atomic E-state index is 0.114. The van der Waals surface area contributed by atoms with E-state index in [9.17, 15) is 9.59 Å². The molecule has 2 rings (SSSR count). The van der Waals surface area contributed by atoms with Crippen LogP contribution in [0.25, 0.3) is 0 Å². The van der Waals surface area contributed by atoms with Gasteiger partial charge in [0.15, 0.2) is 0 Å². The smallest absolute Gasteiger partial charge is 0.309 e. The van der Waals surface area contributed by atoms with E-state index in [4.69, 9.17) is 0 Å². The lowest BCUT2D eigenvalue weighted by atomic mass is 10.1. The average Bonchev–Trinajstić information content (AvgIpc) is 2.62. The number of aromatic nitrogens is 1. The van der Waals surface area contributed by atoms with Crippen LogP contribution in [0.4, 0.5) is 0 Å². The van der Waals surface area contributed by atoms with E-state index in [0.717, 1.165) is 5.56 Å². The third-order valence-electron chi connectivity index (χ3n) is 2.00. The van der Waals surface area contributed by atoms with Crippen molar-refractivity contribution in [2.75, 3.05) is 6.54 Å². The van der Waals surface area contributed by atoms with Gasteiger partial charge in [-0.2, -0.15) is 0 Å². The van der Waals surface area contributed by atoms with Gasteiger partial charge in [-0.3, -0.25) is 9.59 Å². The largest absolute Gasteiger partial charge is 0.367 e. The van der Waals surface area contributed by atoms with Gasteiger partial charge >= 0.3 is 11.8 Å². The molecule has 0 aliphatic carbocycles. The molecule has 2 amide bonds. The summed E-state index contributed by atoms with van der Waals surface area (Å²) in [6.45, 7) is 0.447. The molecule has 1 fully saturated rings. The molecule has 1 aliphatic heterocycles. The lowest BCUT2D eigenvalue weighted by Gasteiger charge is -2.22. The first-order valence-corrected chi connectivity index (χ1v) is 3.99. The van der Waals surface area contributed by atoms with Crippen molar-refractivity contribution in [1.29, 1.82) is 0 Å². The fourth-order valence-electron chi connectivity index (χ4n) is 1.30. The van der Waals surface area contributed by atoms with Gasteiger partial charge in [-0.05, 0) is 11.6 Å². The molecule has 68 valence electrons. The standard InChI is InChI=1S/C8H9N3O2/c12-7-8(13)11-6(4-10-7)5-1-2-9-3-5/h1-3,6,9H,4H2,(H,10,12)(H,11,13). The second-order valence-electron chi connectivity index (χ2n) is 2.88. The third-order valence-corrected chi connectivity index (χ3v) is 2.00. The Morgan fingerprint density at radius 3 is 2.77 bits per heavy atom. The number of aromatic amines is 1. The molecule has 0 spiro atoms. The molecule has 0 saturated carbocycles. The van der Waals surface area contributed by atoms with Crippen LogP contribution in [0.15, 0.2) is 18.5 Å². The highest BCUT2D eigenvalue weighted by Gasteiger charge is 2.25. The summed E-state index contributed by atoms with van der Waals surface area (Å²) in [6.07, 6.45) is 3.57. The Morgan fingerprint density at radius 1 is 1.31 bits per heavy atom. The van der Waals surface area contributed by atoms with Gasteiger partial charge in [-0.25, -0.2) is 0 Å². The molecule has 13 heavy (non-hydrogen) atoms. The van der Waals surface area contributed by atoms with Gasteiger partial charge in [-0.1, -0.05) is 0 Å². The molecule has 2 heterocycles. The van der Waals surface area contributed by atoms with Gasteiger partial charge in [0.2, 0.25) is 0 Å². The zero-order chi connectivity index (χ0) is 9.26. The maximum Gasteiger partial charge on any atom is 0.309 e. The van der Waals surface area contributed by atoms with E-state index in [1.165, 1.54) is 0 Å². The summed E-state index contributed by atoms with van der Waals surface area (Å²) in [5.74, 6) is -1.13. The van der Waals surface area contributed by atoms with Crippen molar-refractivity contribution in [3.8, 4) is 0 Å². The number of hydrogen-bond donors (Lipinski definition) is 3. The lowest BCUT2D eigenvalue weighted by molar-refractivity contribution is -0.141. The molecule has 5 heteroatoms. The van der Waals surface area contributed by atoms with Crippen LogP contribution in [0.1, 0.15) is 11.6 Å². The van der Waals surface area contributed by atoms with Crippen LogP contribution in [-0.4, -0.2) is 23.3 Å². The molecule has 3 N–H and O–H groups in total. The number of hydrogen-bond acceptors (Lipinski definition) is 2. The highest BCUT2D eigenvalue weighted by Crippen LogP contribution is 2.12. The van der Waals surface area contributed by atoms with Crippen molar-refractivity contribution < 1.29 is 9.59 Å². The monoisotopic (exact) mass is 179 g/mol. The Labute approximate surface area is 74.5 Å². The molecule has 5 nitrogen and oxygen atoms in total. The Hall–Kier alpha value is -1.78. The predicted molar refractivity (Wildman–Crippen MR) is 44.7 cm³/mol. The number of carbonyl (C=O) groups is 2. The number of amides is 2. The van der Waals surface area contributed by atoms with E-state index in [0.29, 0.717) is 6.54 Å². The number of carbonyl (C=O) groups excluding carboxylic acids is 2. The summed E-state index contributed by atoms with van der Waals surface area (Å²) in [6, 6.07) is 1.75. The first-order valence-electron chi connectivity index (χ1n) is 3.99. The third kappa shape index (κ3) is 1.40. The number of nitrogens with one attached hydrogen (secondary N) is 3. The highest BCUT2D eigenvalue weighted by atomic mass is 16.2. The summed E-state index contributed by atoms with van der Waals surface area (Å²) in [5, 5.41) is 5.10. The Balaban J connectivity index is 2.12. The maximum absolute atomic E-state index is 11.0. The molecule has 1 aromatic rings. The van der Waals surface area contributed by atoms with Crippen LogP contribution < -0.4 is 10.6 Å². The molecule has 0 aromatic carbocycles. The SMILES string of the molecule is O=C1NCC(c2cc[nH]c2)NC1=O. The van der Waals surface area contributed by atoms with E-state index in [2.05, 4.69) is 15.6 Å². The van der Waals surface area contributed by atoms with Crippen LogP contribution in [0.3, 0.4) is 0 Å². The van der Waals surface area contributed by atoms with E-state index in [1.807, 2.05) is 6.07 Å². The fraction of sp³-hybridized carbons (Fsp3) is 0.250. The Kier molecular flexibility index (Phi) is 1.77. The second kappa shape index (κ2) is 2.93. The molecular formula is C8H9N3O2. The first kappa shape index (κ1) is 7.85. The Morgan fingerprint density at radius 2 is 2.15 bits per heavy atom. The van der Waals surface area contributed by atoms with E-state index in [1.54, 1.807) is 12.4 Å². The summed E-state index contributed by atoms with van der Waals surface area (Å²) < 4.78 is 0. The number of piperazine rings is 1. The molecule has 1 saturated heterocycles. The van der Waals surface area contributed by atoms with E-state index >= 15 is 0 Å². The van der Waals surface area contributed by atoms with Crippen molar-refractivity contribution in [3.05, 3.63) is 24.0 Å². The van der Waals surface area contributed by atoms with Crippen molar-refractivity contribution in [3.63, 3.8) is 0 Å². The zero-order valence-electron chi connectivity index (χ0n) is 6.83. The van der Waals surface area contributed by atoms with Crippen molar-refractivity contribution in [2.45, 2.75) is 6.04 Å². The predicted octanol–water partition coefficient (Wildman–Crippen LogP) is -0.698. The summed E-state index contributed by atoms with van der Waals surface area (Å²) >= 11 is 0. The van der Waals surface area contributed by atoms with E-state index in [-0.39, 0.29) is 6.04 Å². The Bertz CT molecular complexity index is 331. The van der Waals surface area contributed by atoms with Crippen molar-refractivity contribution >= 4 is 11.8 Å². The van der Waals surface area contributed by atoms with Crippen molar-refractivity contribution in [2.24, 2.45) is 0 Å². The van der Waals surface area contributed by atoms with Crippen molar-refractivity contribution in [1.82, 2.24) is 15.6 Å². The fourth-order valence-corrected chi connectivity index (χ4v) is 1.30. The number of rotatable bonds is 1. The van der Waals surface area contributed by atoms with E-state index < -0.39 is 11.8 Å². The molecular weight excluding hydrogens is 170 g/mol. The molecule has 0 bridgehead atoms. The quantitative estimate of drug-likeness (QED) is 0.499. The van der Waals surface area contributed by atoms with Gasteiger partial charge < -0.3 is 15.6 Å². The number of H-pyrrole nitrogens is 1. The molecule has 1 atom stereocenters. The van der Waals surface area contributed by atoms with Gasteiger partial charge in [0, 0.05) is 18.9 Å². The van der Waals surface area contributed by atoms with Crippen LogP contribution in [0, 0.1) is 0 Å². The van der Waals surface area contributed by atoms with Gasteiger partial charge in [-0.15, -0.1) is 0 Å². The zero-order valence-corrected chi connectivity index (χ0v) is 6.83. The lowest BCUT2D eigenvalue weighted by Crippen LogP contribution is -2.51. The molecule has 1 aliphatic rings. The average molecular weight is 179 g/mol. The molecule has 0 radical (unpaired) electrons. The van der Waals surface area contributed by atoms with Crippen LogP contribution in [-0.2, 0) is 9.59 Å². The van der Waals surface area contributed by atoms with Gasteiger partial charge in [0.1, 0.15) is 0 Å². The minimum atomic E-state index is -0.572. The van der Waals surface area contributed by atoms with Gasteiger partial charge in [0.25, 0.3) is 0 Å². The molecule has 1 unspecified atom stereocenters. The first-order chi connectivity index (χ1) is 6.27. The second-order valence-corrected chi connectivity index (χ2v) is 2.88. The van der Waals surface area contributed by atoms with Crippen LogP contribution in [0.5, 0.6) is 0 Å². The normalized spacial score (nSPS) is 22.3. The van der Waals surface area contributed by atoms with Crippen LogP contribution in [0.2, 0.25) is 0 Å². The summed E-state index contributed by atoms with van der Waals surface area (Å²) in [7, 11) is 0. The summed E-state index contributed by atoms with van der Waals surface area (Å²) in [4.78, 5) is 24.6. The molecule has 1 aromatic heterocycles. The van der Waals surface area contributed by atoms with Crippen LogP contribution >= 0.6 is 0 Å². The maximum atomic E-state index is 11.0. The minimum Gasteiger partial charge on any atom is -0.367 e. The summed E-state index contributed by atoms with van der Waals surface area (Å²) in [5.41, 5.74) is 0.966. The van der Waals surface area contributed by atoms with Gasteiger partial charge in [0.05, 0.1) is 6.04 Å².